The van der Waals surface area contributed by atoms with Crippen molar-refractivity contribution in [2.75, 3.05) is 33.6 Å². The van der Waals surface area contributed by atoms with Crippen LogP contribution in [0.3, 0.4) is 0 Å². The standard InChI is InChI=1S/C55H80O9Si/c1-37(2)40-20-22-42(47(40)61-36-59-32-39-18-14-11-15-19-39)41-21-23-43-44(41)30-53(33-60-34-58-31-38-16-12-10-13-17-38)46-25-27-55(53,48(43)56)50(62-35-57-28-29-65(7,8)9)54(46)26-24-45-49(54)63-52(5,6)64-51(45,3)4/h10-19,30,40-43,45-50,56H,1,20-29,31-36H2,2-9H3/t40-,41-,42+,43+,45-,46+,47+,48+,49-,50+,53+,54-,55-/m0/s1. The van der Waals surface area contributed by atoms with E-state index in [0.29, 0.717) is 26.4 Å². The molecule has 6 aliphatic carbocycles. The fraction of sp³-hybridized carbons (Fsp3) is 0.709. The van der Waals surface area contributed by atoms with Gasteiger partial charge in [0.2, 0.25) is 0 Å². The molecule has 358 valence electrons. The van der Waals surface area contributed by atoms with Crippen LogP contribution in [0.2, 0.25) is 25.7 Å². The van der Waals surface area contributed by atoms with Crippen LogP contribution in [0.15, 0.2) is 84.5 Å². The zero-order chi connectivity index (χ0) is 45.8. The molecular weight excluding hydrogens is 833 g/mol. The Balaban J connectivity index is 1.08. The number of ether oxygens (including phenoxy) is 8. The summed E-state index contributed by atoms with van der Waals surface area (Å²) in [5.74, 6) is 0.390. The molecule has 1 spiro atoms. The molecule has 1 N–H and O–H groups in total. The number of rotatable bonds is 19. The van der Waals surface area contributed by atoms with Crippen molar-refractivity contribution in [1.29, 1.82) is 0 Å². The van der Waals surface area contributed by atoms with Crippen molar-refractivity contribution in [1.82, 2.24) is 0 Å². The van der Waals surface area contributed by atoms with Crippen molar-refractivity contribution in [2.45, 2.75) is 161 Å². The van der Waals surface area contributed by atoms with E-state index in [-0.39, 0.29) is 79.6 Å². The molecule has 10 heteroatoms. The van der Waals surface area contributed by atoms with Gasteiger partial charge < -0.3 is 43.0 Å². The molecule has 0 radical (unpaired) electrons. The van der Waals surface area contributed by atoms with Crippen LogP contribution in [0, 0.1) is 51.8 Å². The largest absolute Gasteiger partial charge is 0.392 e. The molecule has 2 aromatic carbocycles. The van der Waals surface area contributed by atoms with Gasteiger partial charge in [-0.25, -0.2) is 0 Å². The van der Waals surface area contributed by atoms with E-state index in [1.165, 1.54) is 11.1 Å². The molecule has 6 fully saturated rings. The van der Waals surface area contributed by atoms with E-state index >= 15 is 0 Å². The van der Waals surface area contributed by atoms with Crippen LogP contribution in [0.5, 0.6) is 0 Å². The van der Waals surface area contributed by atoms with Gasteiger partial charge in [-0.2, -0.15) is 0 Å². The molecule has 1 saturated heterocycles. The van der Waals surface area contributed by atoms with E-state index in [0.717, 1.165) is 68.5 Å². The number of aliphatic hydroxyl groups is 1. The minimum atomic E-state index is -1.32. The lowest BCUT2D eigenvalue weighted by Crippen LogP contribution is -2.63. The van der Waals surface area contributed by atoms with Crippen LogP contribution >= 0.6 is 0 Å². The molecule has 13 atom stereocenters. The Labute approximate surface area is 391 Å². The first kappa shape index (κ1) is 47.8. The van der Waals surface area contributed by atoms with E-state index in [9.17, 15) is 5.11 Å². The first-order chi connectivity index (χ1) is 31.0. The summed E-state index contributed by atoms with van der Waals surface area (Å²) in [5.41, 5.74) is 2.93. The Hall–Kier alpha value is -2.22. The minimum Gasteiger partial charge on any atom is -0.392 e. The van der Waals surface area contributed by atoms with Crippen LogP contribution < -0.4 is 0 Å². The monoisotopic (exact) mass is 913 g/mol. The molecule has 9 nitrogen and oxygen atoms in total. The van der Waals surface area contributed by atoms with Gasteiger partial charge in [0.1, 0.15) is 20.4 Å². The van der Waals surface area contributed by atoms with Gasteiger partial charge in [0.15, 0.2) is 5.79 Å². The van der Waals surface area contributed by atoms with Gasteiger partial charge in [0.05, 0.1) is 49.8 Å². The summed E-state index contributed by atoms with van der Waals surface area (Å²) in [5, 5.41) is 13.6. The number of benzene rings is 2. The Morgan fingerprint density at radius 1 is 0.769 bits per heavy atom. The Morgan fingerprint density at radius 3 is 2.11 bits per heavy atom. The summed E-state index contributed by atoms with van der Waals surface area (Å²) < 4.78 is 54.0. The third kappa shape index (κ3) is 8.65. The van der Waals surface area contributed by atoms with Crippen molar-refractivity contribution < 1.29 is 43.0 Å². The highest BCUT2D eigenvalue weighted by Crippen LogP contribution is 2.82. The molecule has 5 saturated carbocycles. The van der Waals surface area contributed by atoms with Crippen LogP contribution in [0.4, 0.5) is 0 Å². The summed E-state index contributed by atoms with van der Waals surface area (Å²) in [4.78, 5) is 0. The Kier molecular flexibility index (Phi) is 13.7. The van der Waals surface area contributed by atoms with Crippen molar-refractivity contribution in [3.63, 3.8) is 0 Å². The zero-order valence-electron chi connectivity index (χ0n) is 40.9. The van der Waals surface area contributed by atoms with E-state index in [1.54, 1.807) is 0 Å². The highest BCUT2D eigenvalue weighted by Gasteiger charge is 2.85. The summed E-state index contributed by atoms with van der Waals surface area (Å²) in [6.45, 7) is 25.2. The number of hydrogen-bond donors (Lipinski definition) is 1. The van der Waals surface area contributed by atoms with Gasteiger partial charge in [-0.3, -0.25) is 0 Å². The van der Waals surface area contributed by atoms with Crippen molar-refractivity contribution in [3.8, 4) is 0 Å². The fourth-order valence-corrected chi connectivity index (χ4v) is 16.1. The normalized spacial score (nSPS) is 38.8. The van der Waals surface area contributed by atoms with Gasteiger partial charge >= 0.3 is 0 Å². The molecular formula is C55H80O9Si. The summed E-state index contributed by atoms with van der Waals surface area (Å²) in [7, 11) is -1.32. The molecule has 7 aliphatic rings. The van der Waals surface area contributed by atoms with E-state index in [2.05, 4.69) is 91.2 Å². The molecule has 2 aromatic rings. The minimum absolute atomic E-state index is 0.00809. The van der Waals surface area contributed by atoms with Crippen molar-refractivity contribution in [3.05, 3.63) is 95.6 Å². The maximum Gasteiger partial charge on any atom is 0.163 e. The van der Waals surface area contributed by atoms with Crippen LogP contribution in [-0.4, -0.2) is 82.6 Å². The predicted molar refractivity (Wildman–Crippen MR) is 255 cm³/mol. The average Bonchev–Trinajstić information content (AvgIpc) is 4.06. The summed E-state index contributed by atoms with van der Waals surface area (Å²) in [6, 6.07) is 21.7. The van der Waals surface area contributed by atoms with E-state index in [4.69, 9.17) is 37.9 Å². The second-order valence-corrected chi connectivity index (χ2v) is 29.0. The van der Waals surface area contributed by atoms with Gasteiger partial charge in [-0.1, -0.05) is 104 Å². The maximum absolute atomic E-state index is 13.6. The van der Waals surface area contributed by atoms with E-state index in [1.807, 2.05) is 36.4 Å². The van der Waals surface area contributed by atoms with Crippen LogP contribution in [0.1, 0.15) is 97.1 Å². The molecule has 1 aliphatic heterocycles. The summed E-state index contributed by atoms with van der Waals surface area (Å²) in [6.07, 6.45) is 9.47. The van der Waals surface area contributed by atoms with Gasteiger partial charge in [0, 0.05) is 48.7 Å². The van der Waals surface area contributed by atoms with Gasteiger partial charge in [-0.05, 0) is 121 Å². The SMILES string of the molecule is C=C(C)[C@@H]1CC[C@H]([C@@H]2CC[C@@H]3C2=C[C@@]2(COCOCc4ccccc4)[C@H]4CC[C@]2([C@@H]3O)[C@H](OCOCC[Si](C)(C)C)[C@@]42CC[C@H]3[C@@H]2OC(C)(C)OC3(C)C)[C@@H]1OCOCc1ccccc1. The second kappa shape index (κ2) is 18.6. The molecule has 9 rings (SSSR count). The topological polar surface area (TPSA) is 94.1 Å². The van der Waals surface area contributed by atoms with Crippen LogP contribution in [0.25, 0.3) is 0 Å². The molecule has 0 aromatic heterocycles. The first-order valence-corrected chi connectivity index (χ1v) is 28.8. The highest BCUT2D eigenvalue weighted by atomic mass is 28.3. The summed E-state index contributed by atoms with van der Waals surface area (Å²) >= 11 is 0. The lowest BCUT2D eigenvalue weighted by molar-refractivity contribution is -0.365. The van der Waals surface area contributed by atoms with Crippen molar-refractivity contribution in [2.24, 2.45) is 51.8 Å². The average molecular weight is 913 g/mol. The zero-order valence-corrected chi connectivity index (χ0v) is 41.9. The Morgan fingerprint density at radius 2 is 1.43 bits per heavy atom. The fourth-order valence-electron chi connectivity index (χ4n) is 15.3. The lowest BCUT2D eigenvalue weighted by atomic mass is 9.55. The highest BCUT2D eigenvalue weighted by molar-refractivity contribution is 6.76. The Bertz CT molecular complexity index is 1980. The predicted octanol–water partition coefficient (Wildman–Crippen LogP) is 11.1. The molecule has 0 unspecified atom stereocenters. The van der Waals surface area contributed by atoms with Gasteiger partial charge in [0.25, 0.3) is 0 Å². The van der Waals surface area contributed by atoms with Crippen LogP contribution in [-0.2, 0) is 51.1 Å². The third-order valence-electron chi connectivity index (χ3n) is 17.7. The molecule has 65 heavy (non-hydrogen) atoms. The van der Waals surface area contributed by atoms with Gasteiger partial charge in [-0.15, -0.1) is 0 Å². The number of aliphatic hydroxyl groups excluding tert-OH is 1. The number of fused-ring (bicyclic) bond motifs is 4. The third-order valence-corrected chi connectivity index (χ3v) is 19.4. The quantitative estimate of drug-likeness (QED) is 0.0640. The molecule has 1 heterocycles. The number of hydrogen-bond acceptors (Lipinski definition) is 9. The second-order valence-electron chi connectivity index (χ2n) is 23.4. The smallest absolute Gasteiger partial charge is 0.163 e. The van der Waals surface area contributed by atoms with E-state index < -0.39 is 36.4 Å². The molecule has 2 bridgehead atoms. The first-order valence-electron chi connectivity index (χ1n) is 25.1. The molecule has 0 amide bonds. The van der Waals surface area contributed by atoms with Crippen molar-refractivity contribution >= 4 is 8.07 Å². The maximum atomic E-state index is 13.6. The lowest BCUT2D eigenvalue weighted by Gasteiger charge is -2.56.